The Balaban J connectivity index is 1.11. The van der Waals surface area contributed by atoms with E-state index in [0.29, 0.717) is 0 Å². The van der Waals surface area contributed by atoms with Gasteiger partial charge < -0.3 is 19.6 Å². The summed E-state index contributed by atoms with van der Waals surface area (Å²) in [6.07, 6.45) is 16.3. The zero-order valence-electron chi connectivity index (χ0n) is 42.3. The van der Waals surface area contributed by atoms with Gasteiger partial charge in [-0.1, -0.05) is 183 Å². The largest absolute Gasteiger partial charge is 0.348 e. The molecule has 0 fully saturated rings. The Morgan fingerprint density at radius 3 is 1.29 bits per heavy atom. The van der Waals surface area contributed by atoms with Gasteiger partial charge >= 0.3 is 0 Å². The zero-order valence-corrected chi connectivity index (χ0v) is 42.3. The van der Waals surface area contributed by atoms with Gasteiger partial charge in [-0.25, -0.2) is 0 Å². The molecular formula is C72H50N4. The van der Waals surface area contributed by atoms with Crippen molar-refractivity contribution in [1.82, 2.24) is 4.90 Å². The van der Waals surface area contributed by atoms with Crippen molar-refractivity contribution in [1.29, 1.82) is 0 Å². The molecule has 0 saturated heterocycles. The summed E-state index contributed by atoms with van der Waals surface area (Å²) in [5.41, 5.74) is 13.6. The minimum atomic E-state index is 1.02. The monoisotopic (exact) mass is 970 g/mol. The smallest absolute Gasteiger partial charge is 0.0699 e. The van der Waals surface area contributed by atoms with Crippen molar-refractivity contribution in [2.75, 3.05) is 28.8 Å². The number of allylic oxidation sites excluding steroid dienone is 6. The molecule has 358 valence electrons. The number of nitrogens with zero attached hydrogens (tertiary/aromatic N) is 4. The maximum absolute atomic E-state index is 4.05. The first kappa shape index (κ1) is 43.7. The molecule has 0 aromatic heterocycles. The highest BCUT2D eigenvalue weighted by atomic mass is 15.3. The van der Waals surface area contributed by atoms with Crippen molar-refractivity contribution in [3.63, 3.8) is 0 Å². The number of para-hydroxylation sites is 4. The summed E-state index contributed by atoms with van der Waals surface area (Å²) < 4.78 is 0. The Morgan fingerprint density at radius 2 is 0.776 bits per heavy atom. The topological polar surface area (TPSA) is 13.0 Å². The van der Waals surface area contributed by atoms with Crippen LogP contribution < -0.4 is 14.7 Å². The summed E-state index contributed by atoms with van der Waals surface area (Å²) in [6, 6.07) is 73.3. The van der Waals surface area contributed by atoms with Crippen molar-refractivity contribution in [3.8, 4) is 22.3 Å². The Kier molecular flexibility index (Phi) is 9.66. The summed E-state index contributed by atoms with van der Waals surface area (Å²) in [7, 11) is 4.27. The molecule has 13 aromatic carbocycles. The molecule has 15 rings (SSSR count). The first-order valence-electron chi connectivity index (χ1n) is 26.1. The number of hydrogen-bond acceptors (Lipinski definition) is 4. The molecule has 0 atom stereocenters. The first-order chi connectivity index (χ1) is 37.4. The van der Waals surface area contributed by atoms with E-state index in [-0.39, 0.29) is 0 Å². The van der Waals surface area contributed by atoms with Crippen LogP contribution in [0.4, 0.5) is 34.1 Å². The van der Waals surface area contributed by atoms with E-state index < -0.39 is 0 Å². The van der Waals surface area contributed by atoms with E-state index >= 15 is 0 Å². The molecule has 2 aliphatic rings. The van der Waals surface area contributed by atoms with Crippen LogP contribution >= 0.6 is 0 Å². The molecule has 2 heterocycles. The molecule has 0 spiro atoms. The number of fused-ring (bicyclic) bond motifs is 4. The molecule has 0 saturated carbocycles. The van der Waals surface area contributed by atoms with Gasteiger partial charge in [-0.15, -0.1) is 0 Å². The second kappa shape index (κ2) is 16.8. The summed E-state index contributed by atoms with van der Waals surface area (Å²) >= 11 is 0. The molecule has 0 bridgehead atoms. The van der Waals surface area contributed by atoms with Crippen molar-refractivity contribution in [3.05, 3.63) is 268 Å². The van der Waals surface area contributed by atoms with Crippen LogP contribution in [-0.4, -0.2) is 19.0 Å². The summed E-state index contributed by atoms with van der Waals surface area (Å²) in [6.45, 7) is 8.04. The summed E-state index contributed by atoms with van der Waals surface area (Å²) in [5, 5.41) is 19.9. The third-order valence-corrected chi connectivity index (χ3v) is 16.3. The Labute approximate surface area is 441 Å². The fraction of sp³-hybridized carbons (Fsp3) is 0.0278. The molecule has 13 aromatic rings. The average molecular weight is 971 g/mol. The van der Waals surface area contributed by atoms with Gasteiger partial charge in [0.05, 0.1) is 34.1 Å². The summed E-state index contributed by atoms with van der Waals surface area (Å²) in [5.74, 6) is 0. The second-order valence-electron chi connectivity index (χ2n) is 20.3. The fourth-order valence-electron chi connectivity index (χ4n) is 12.9. The molecule has 76 heavy (non-hydrogen) atoms. The molecule has 0 unspecified atom stereocenters. The lowest BCUT2D eigenvalue weighted by atomic mass is 9.81. The van der Waals surface area contributed by atoms with E-state index in [9.17, 15) is 0 Å². The van der Waals surface area contributed by atoms with Crippen LogP contribution in [0.2, 0.25) is 0 Å². The van der Waals surface area contributed by atoms with Crippen LogP contribution in [0.3, 0.4) is 0 Å². The predicted molar refractivity (Wildman–Crippen MR) is 328 cm³/mol. The van der Waals surface area contributed by atoms with Gasteiger partial charge in [0.1, 0.15) is 0 Å². The maximum atomic E-state index is 4.05. The number of likely N-dealkylation sites (N-methyl/N-ethyl adjacent to an activating group) is 1. The van der Waals surface area contributed by atoms with Crippen LogP contribution in [-0.2, 0) is 0 Å². The first-order valence-corrected chi connectivity index (χ1v) is 26.1. The lowest BCUT2D eigenvalue weighted by Gasteiger charge is -2.38. The van der Waals surface area contributed by atoms with Crippen molar-refractivity contribution < 1.29 is 0 Å². The molecule has 2 aliphatic heterocycles. The molecule has 0 amide bonds. The van der Waals surface area contributed by atoms with Crippen LogP contribution in [0.25, 0.3) is 108 Å². The van der Waals surface area contributed by atoms with Gasteiger partial charge in [0.25, 0.3) is 0 Å². The Morgan fingerprint density at radius 1 is 0.355 bits per heavy atom. The van der Waals surface area contributed by atoms with Crippen molar-refractivity contribution in [2.24, 2.45) is 0 Å². The van der Waals surface area contributed by atoms with Gasteiger partial charge in [-0.2, -0.15) is 0 Å². The third kappa shape index (κ3) is 6.37. The molecular weight excluding hydrogens is 921 g/mol. The highest BCUT2D eigenvalue weighted by molar-refractivity contribution is 6.32. The van der Waals surface area contributed by atoms with Crippen LogP contribution in [0.15, 0.2) is 268 Å². The van der Waals surface area contributed by atoms with Crippen LogP contribution in [0.1, 0.15) is 0 Å². The summed E-state index contributed by atoms with van der Waals surface area (Å²) in [4.78, 5) is 9.24. The van der Waals surface area contributed by atoms with E-state index in [1.54, 1.807) is 0 Å². The molecule has 4 nitrogen and oxygen atoms in total. The number of anilines is 6. The van der Waals surface area contributed by atoms with E-state index in [2.05, 4.69) is 266 Å². The minimum Gasteiger partial charge on any atom is -0.348 e. The highest BCUT2D eigenvalue weighted by Gasteiger charge is 2.29. The van der Waals surface area contributed by atoms with E-state index in [0.717, 1.165) is 45.5 Å². The molecule has 0 N–H and O–H groups in total. The van der Waals surface area contributed by atoms with Gasteiger partial charge in [0.15, 0.2) is 0 Å². The minimum absolute atomic E-state index is 1.02. The Hall–Kier alpha value is -9.90. The Bertz CT molecular complexity index is 4660. The lowest BCUT2D eigenvalue weighted by Crippen LogP contribution is -2.25. The number of benzene rings is 13. The van der Waals surface area contributed by atoms with Gasteiger partial charge in [-0.3, -0.25) is 0 Å². The van der Waals surface area contributed by atoms with E-state index in [1.807, 2.05) is 24.3 Å². The SMILES string of the molecule is C=C/C=C\C1=CN(c2ccc3c(-c4ccc5ccc6cccc7ccc4c5c67)c4cc(N5c6ccccc6N(C)c6ccccc65)ccc4c(-c4ccc5ccc6cccc7ccc4c5c67)c3c2)C(/C=C\C=C)=CN1C. The van der Waals surface area contributed by atoms with Gasteiger partial charge in [-0.05, 0) is 169 Å². The van der Waals surface area contributed by atoms with Crippen molar-refractivity contribution >= 4 is 120 Å². The van der Waals surface area contributed by atoms with Crippen LogP contribution in [0.5, 0.6) is 0 Å². The molecule has 0 aliphatic carbocycles. The lowest BCUT2D eigenvalue weighted by molar-refractivity contribution is 0.569. The van der Waals surface area contributed by atoms with Gasteiger partial charge in [0.2, 0.25) is 0 Å². The predicted octanol–water partition coefficient (Wildman–Crippen LogP) is 19.6. The standard InChI is InChI=1S/C72H50N4/c1-5-7-19-53-44-75(54(20-8-6-2)43-73(53)3)51-33-39-59-61(41-51)71(57-37-31-49-27-25-45-15-13-17-47-29-35-55(57)69(49)67(45)47)60-40-34-52(76-65-23-11-9-21-63(65)74(4)64-22-10-12-24-66(64)76)42-62(60)72(59)58-38-32-50-28-26-46-16-14-18-48-30-36-56(58)70(50)68(46)48/h5-44H,1-2H2,3-4H3/b19-7-,20-8-. The van der Waals surface area contributed by atoms with Crippen molar-refractivity contribution in [2.45, 2.75) is 0 Å². The van der Waals surface area contributed by atoms with E-state index in [4.69, 9.17) is 0 Å². The molecule has 0 radical (unpaired) electrons. The zero-order chi connectivity index (χ0) is 50.8. The molecule has 4 heteroatoms. The number of hydrogen-bond donors (Lipinski definition) is 0. The number of rotatable bonds is 8. The second-order valence-corrected chi connectivity index (χ2v) is 20.3. The normalized spacial score (nSPS) is 14.0. The average Bonchev–Trinajstić information content (AvgIpc) is 3.49. The quantitative estimate of drug-likeness (QED) is 0.0854. The maximum Gasteiger partial charge on any atom is 0.0699 e. The third-order valence-electron chi connectivity index (χ3n) is 16.3. The van der Waals surface area contributed by atoms with E-state index in [1.165, 1.54) is 108 Å². The van der Waals surface area contributed by atoms with Gasteiger partial charge in [0, 0.05) is 37.9 Å². The van der Waals surface area contributed by atoms with Crippen LogP contribution in [0, 0.1) is 0 Å². The highest BCUT2D eigenvalue weighted by Crippen LogP contribution is 2.55. The fourth-order valence-corrected chi connectivity index (χ4v) is 12.9.